The molecule has 1 rings (SSSR count). The first-order valence-electron chi connectivity index (χ1n) is 3.56. The molecule has 0 unspecified atom stereocenters. The number of nitrogens with one attached hydrogen (secondary N) is 1. The molecule has 0 fully saturated rings. The van der Waals surface area contributed by atoms with E-state index in [1.54, 1.807) is 7.11 Å². The number of aromatic amines is 1. The lowest BCUT2D eigenvalue weighted by molar-refractivity contribution is 0.240. The fourth-order valence-corrected chi connectivity index (χ4v) is 0.711. The summed E-state index contributed by atoms with van der Waals surface area (Å²) in [6.45, 7) is 0.318. The van der Waals surface area contributed by atoms with Gasteiger partial charge in [-0.15, -0.1) is 0 Å². The monoisotopic (exact) mass is 179 g/mol. The lowest BCUT2D eigenvalue weighted by Gasteiger charge is -1.94. The third-order valence-corrected chi connectivity index (χ3v) is 1.28. The predicted octanol–water partition coefficient (Wildman–Crippen LogP) is -0.650. The molecule has 0 spiro atoms. The molecule has 0 bridgehead atoms. The maximum Gasteiger partial charge on any atom is 0.346 e. The highest BCUT2D eigenvalue weighted by Crippen LogP contribution is 1.99. The van der Waals surface area contributed by atoms with Crippen LogP contribution in [-0.2, 0) is 4.74 Å². The second kappa shape index (κ2) is 4.28. The van der Waals surface area contributed by atoms with Gasteiger partial charge in [0, 0.05) is 7.11 Å². The number of hydrogen-bond donors (Lipinski definition) is 2. The van der Waals surface area contributed by atoms with Crippen LogP contribution in [0.25, 0.3) is 0 Å². The van der Waals surface area contributed by atoms with E-state index in [1.165, 1.54) is 6.20 Å². The molecule has 0 aliphatic rings. The highest BCUT2D eigenvalue weighted by Gasteiger charge is 1.95. The molecular formula is C8H9N3O2. The molecule has 1 aromatic heterocycles. The van der Waals surface area contributed by atoms with E-state index in [4.69, 9.17) is 10.5 Å². The number of aromatic nitrogens is 2. The molecular weight excluding hydrogens is 170 g/mol. The van der Waals surface area contributed by atoms with E-state index in [1.807, 2.05) is 0 Å². The first kappa shape index (κ1) is 9.29. The smallest absolute Gasteiger partial charge is 0.346 e. The number of nitrogen functional groups attached to an aromatic ring is 1. The van der Waals surface area contributed by atoms with E-state index >= 15 is 0 Å². The van der Waals surface area contributed by atoms with Crippen molar-refractivity contribution in [2.24, 2.45) is 0 Å². The van der Waals surface area contributed by atoms with Gasteiger partial charge in [-0.05, 0) is 0 Å². The zero-order valence-corrected chi connectivity index (χ0v) is 7.13. The normalized spacial score (nSPS) is 9.00. The van der Waals surface area contributed by atoms with E-state index in [2.05, 4.69) is 21.8 Å². The second-order valence-electron chi connectivity index (χ2n) is 2.25. The number of nitrogens with two attached hydrogens (primary N) is 1. The highest BCUT2D eigenvalue weighted by atomic mass is 16.5. The average molecular weight is 179 g/mol. The minimum Gasteiger partial charge on any atom is -0.384 e. The van der Waals surface area contributed by atoms with Gasteiger partial charge in [-0.3, -0.25) is 4.98 Å². The van der Waals surface area contributed by atoms with Crippen LogP contribution in [0.15, 0.2) is 11.0 Å². The molecule has 5 heteroatoms. The van der Waals surface area contributed by atoms with Crippen LogP contribution in [0, 0.1) is 11.8 Å². The fourth-order valence-electron chi connectivity index (χ4n) is 0.711. The van der Waals surface area contributed by atoms with Gasteiger partial charge in [0.05, 0.1) is 11.8 Å². The number of methoxy groups -OCH3 is 1. The van der Waals surface area contributed by atoms with Crippen molar-refractivity contribution in [1.29, 1.82) is 0 Å². The number of anilines is 1. The number of hydrogen-bond acceptors (Lipinski definition) is 4. The van der Waals surface area contributed by atoms with E-state index in [9.17, 15) is 4.79 Å². The molecule has 0 saturated heterocycles. The first-order valence-corrected chi connectivity index (χ1v) is 3.56. The van der Waals surface area contributed by atoms with Gasteiger partial charge >= 0.3 is 5.69 Å². The summed E-state index contributed by atoms with van der Waals surface area (Å²) in [5.74, 6) is 5.63. The maximum atomic E-state index is 10.7. The lowest BCUT2D eigenvalue weighted by Crippen LogP contribution is -2.12. The highest BCUT2D eigenvalue weighted by molar-refractivity contribution is 5.48. The summed E-state index contributed by atoms with van der Waals surface area (Å²) in [4.78, 5) is 16.5. The summed E-state index contributed by atoms with van der Waals surface area (Å²) in [6, 6.07) is 0. The molecule has 5 nitrogen and oxygen atoms in total. The van der Waals surface area contributed by atoms with Crippen molar-refractivity contribution in [2.45, 2.75) is 0 Å². The Balaban J connectivity index is 2.92. The molecule has 1 heterocycles. The Labute approximate surface area is 74.9 Å². The van der Waals surface area contributed by atoms with Crippen molar-refractivity contribution in [1.82, 2.24) is 9.97 Å². The van der Waals surface area contributed by atoms with E-state index < -0.39 is 5.69 Å². The molecule has 0 atom stereocenters. The molecule has 0 saturated carbocycles. The number of rotatable bonds is 1. The topological polar surface area (TPSA) is 81.0 Å². The molecule has 3 N–H and O–H groups in total. The Morgan fingerprint density at radius 3 is 3.15 bits per heavy atom. The SMILES string of the molecule is COCC#Cc1cnc(=O)[nH]c1N. The van der Waals surface area contributed by atoms with Crippen LogP contribution in [0.2, 0.25) is 0 Å². The fraction of sp³-hybridized carbons (Fsp3) is 0.250. The van der Waals surface area contributed by atoms with Crippen LogP contribution >= 0.6 is 0 Å². The van der Waals surface area contributed by atoms with Gasteiger partial charge in [-0.1, -0.05) is 11.8 Å². The van der Waals surface area contributed by atoms with Gasteiger partial charge < -0.3 is 10.5 Å². The number of ether oxygens (including phenoxy) is 1. The molecule has 0 aliphatic heterocycles. The molecule has 1 aromatic rings. The molecule has 0 radical (unpaired) electrons. The predicted molar refractivity (Wildman–Crippen MR) is 48.0 cm³/mol. The number of nitrogens with zero attached hydrogens (tertiary/aromatic N) is 1. The van der Waals surface area contributed by atoms with Gasteiger partial charge in [0.2, 0.25) is 0 Å². The Morgan fingerprint density at radius 2 is 2.54 bits per heavy atom. The van der Waals surface area contributed by atoms with Crippen molar-refractivity contribution in [2.75, 3.05) is 19.5 Å². The van der Waals surface area contributed by atoms with Crippen molar-refractivity contribution < 1.29 is 4.74 Å². The van der Waals surface area contributed by atoms with Crippen molar-refractivity contribution >= 4 is 5.82 Å². The summed E-state index contributed by atoms with van der Waals surface area (Å²) in [7, 11) is 1.54. The van der Waals surface area contributed by atoms with Gasteiger partial charge in [0.15, 0.2) is 0 Å². The minimum absolute atomic E-state index is 0.226. The first-order chi connectivity index (χ1) is 6.24. The Bertz CT molecular complexity index is 400. The van der Waals surface area contributed by atoms with Gasteiger partial charge in [0.1, 0.15) is 12.4 Å². The molecule has 0 aliphatic carbocycles. The summed E-state index contributed by atoms with van der Waals surface area (Å²) < 4.78 is 4.72. The zero-order chi connectivity index (χ0) is 9.68. The second-order valence-corrected chi connectivity index (χ2v) is 2.25. The lowest BCUT2D eigenvalue weighted by atomic mass is 10.3. The number of H-pyrrole nitrogens is 1. The molecule has 13 heavy (non-hydrogen) atoms. The Kier molecular flexibility index (Phi) is 3.06. The zero-order valence-electron chi connectivity index (χ0n) is 7.13. The summed E-state index contributed by atoms with van der Waals surface area (Å²) in [5.41, 5.74) is 5.48. The van der Waals surface area contributed by atoms with Gasteiger partial charge in [0.25, 0.3) is 0 Å². The van der Waals surface area contributed by atoms with Crippen molar-refractivity contribution in [3.63, 3.8) is 0 Å². The van der Waals surface area contributed by atoms with Crippen molar-refractivity contribution in [3.8, 4) is 11.8 Å². The minimum atomic E-state index is -0.477. The quantitative estimate of drug-likeness (QED) is 0.561. The van der Waals surface area contributed by atoms with Crippen LogP contribution in [0.1, 0.15) is 5.56 Å². The third-order valence-electron chi connectivity index (χ3n) is 1.28. The van der Waals surface area contributed by atoms with Crippen LogP contribution < -0.4 is 11.4 Å². The van der Waals surface area contributed by atoms with E-state index in [0.29, 0.717) is 12.2 Å². The summed E-state index contributed by atoms with van der Waals surface area (Å²) in [5, 5.41) is 0. The summed E-state index contributed by atoms with van der Waals surface area (Å²) >= 11 is 0. The third kappa shape index (κ3) is 2.61. The molecule has 0 aromatic carbocycles. The summed E-state index contributed by atoms with van der Waals surface area (Å²) in [6.07, 6.45) is 1.33. The average Bonchev–Trinajstić information content (AvgIpc) is 2.09. The van der Waals surface area contributed by atoms with Crippen molar-refractivity contribution in [3.05, 3.63) is 22.2 Å². The van der Waals surface area contributed by atoms with Gasteiger partial charge in [-0.2, -0.15) is 0 Å². The van der Waals surface area contributed by atoms with E-state index in [-0.39, 0.29) is 5.82 Å². The Hall–Kier alpha value is -1.80. The van der Waals surface area contributed by atoms with Crippen LogP contribution in [0.4, 0.5) is 5.82 Å². The van der Waals surface area contributed by atoms with Crippen LogP contribution in [0.3, 0.4) is 0 Å². The molecule has 0 amide bonds. The molecule has 68 valence electrons. The maximum absolute atomic E-state index is 10.7. The largest absolute Gasteiger partial charge is 0.384 e. The van der Waals surface area contributed by atoms with E-state index in [0.717, 1.165) is 0 Å². The van der Waals surface area contributed by atoms with Crippen LogP contribution in [-0.4, -0.2) is 23.7 Å². The van der Waals surface area contributed by atoms with Crippen LogP contribution in [0.5, 0.6) is 0 Å². The van der Waals surface area contributed by atoms with Gasteiger partial charge in [-0.25, -0.2) is 9.78 Å². The standard InChI is InChI=1S/C8H9N3O2/c1-13-4-2-3-6-5-10-8(12)11-7(6)9/h5H,4H2,1H3,(H3,9,10,11,12). The Morgan fingerprint density at radius 1 is 1.77 bits per heavy atom.